The summed E-state index contributed by atoms with van der Waals surface area (Å²) in [6, 6.07) is 5.09. The summed E-state index contributed by atoms with van der Waals surface area (Å²) in [6.07, 6.45) is 1.19. The lowest BCUT2D eigenvalue weighted by Crippen LogP contribution is -2.73. The van der Waals surface area contributed by atoms with E-state index >= 15 is 0 Å². The number of hydrogen-bond donors (Lipinski definition) is 1. The fourth-order valence-corrected chi connectivity index (χ4v) is 4.55. The van der Waals surface area contributed by atoms with E-state index in [9.17, 15) is 14.7 Å². The van der Waals surface area contributed by atoms with Crippen LogP contribution in [-0.2, 0) is 4.79 Å². The third-order valence-corrected chi connectivity index (χ3v) is 6.70. The van der Waals surface area contributed by atoms with Crippen LogP contribution < -0.4 is 4.90 Å². The first kappa shape index (κ1) is 20.2. The molecule has 2 unspecified atom stereocenters. The predicted octanol–water partition coefficient (Wildman–Crippen LogP) is 3.61. The number of rotatable bonds is 4. The molecule has 0 aliphatic carbocycles. The lowest BCUT2D eigenvalue weighted by Gasteiger charge is -2.54. The van der Waals surface area contributed by atoms with Crippen molar-refractivity contribution in [2.75, 3.05) is 37.6 Å². The number of halogens is 2. The number of carbonyl (C=O) groups excluding carboxylic acids is 1. The van der Waals surface area contributed by atoms with Gasteiger partial charge in [0.2, 0.25) is 0 Å². The van der Waals surface area contributed by atoms with Crippen molar-refractivity contribution in [2.24, 2.45) is 0 Å². The van der Waals surface area contributed by atoms with Gasteiger partial charge in [-0.15, -0.1) is 0 Å². The molecule has 0 spiro atoms. The van der Waals surface area contributed by atoms with Crippen molar-refractivity contribution < 1.29 is 14.7 Å². The van der Waals surface area contributed by atoms with Gasteiger partial charge in [-0.2, -0.15) is 0 Å². The first-order chi connectivity index (χ1) is 12.7. The largest absolute Gasteiger partial charge is 0.465 e. The Hall–Kier alpha value is -1.50. The van der Waals surface area contributed by atoms with Gasteiger partial charge in [0.1, 0.15) is 5.54 Å². The van der Waals surface area contributed by atoms with Gasteiger partial charge in [0.05, 0.1) is 16.1 Å². The number of likely N-dealkylation sites (tertiary alicyclic amines) is 1. The fraction of sp³-hybridized carbons (Fsp3) is 0.579. The van der Waals surface area contributed by atoms with Crippen LogP contribution in [0.3, 0.4) is 0 Å². The maximum Gasteiger partial charge on any atom is 0.408 e. The van der Waals surface area contributed by atoms with Crippen LogP contribution >= 0.6 is 23.2 Å². The van der Waals surface area contributed by atoms with Gasteiger partial charge >= 0.3 is 6.09 Å². The Balaban J connectivity index is 2.04. The lowest BCUT2D eigenvalue weighted by molar-refractivity contribution is -0.130. The van der Waals surface area contributed by atoms with Gasteiger partial charge in [-0.1, -0.05) is 23.2 Å². The molecule has 2 fully saturated rings. The van der Waals surface area contributed by atoms with E-state index in [1.54, 1.807) is 19.1 Å². The summed E-state index contributed by atoms with van der Waals surface area (Å²) < 4.78 is 0. The van der Waals surface area contributed by atoms with Crippen LogP contribution in [0.4, 0.5) is 10.5 Å². The average Bonchev–Trinajstić information content (AvgIpc) is 3.12. The normalized spacial score (nSPS) is 26.4. The SMILES string of the molecule is CC(=O)C1(C)C(CN2CCCC2)N(c2ccc(Cl)c(Cl)c2)CCN1C(=O)O. The van der Waals surface area contributed by atoms with Gasteiger partial charge in [-0.05, 0) is 58.0 Å². The predicted molar refractivity (Wildman–Crippen MR) is 107 cm³/mol. The van der Waals surface area contributed by atoms with Gasteiger partial charge in [0.25, 0.3) is 0 Å². The number of hydrogen-bond acceptors (Lipinski definition) is 4. The zero-order valence-corrected chi connectivity index (χ0v) is 17.1. The molecule has 1 amide bonds. The molecule has 3 rings (SSSR count). The van der Waals surface area contributed by atoms with Crippen LogP contribution in [0, 0.1) is 0 Å². The Morgan fingerprint density at radius 1 is 1.15 bits per heavy atom. The van der Waals surface area contributed by atoms with E-state index in [2.05, 4.69) is 9.80 Å². The second kappa shape index (κ2) is 7.86. The number of benzene rings is 1. The van der Waals surface area contributed by atoms with Crippen LogP contribution in [-0.4, -0.2) is 71.1 Å². The molecule has 1 aromatic rings. The Morgan fingerprint density at radius 2 is 1.81 bits per heavy atom. The van der Waals surface area contributed by atoms with E-state index in [4.69, 9.17) is 23.2 Å². The number of Topliss-reactive ketones (excluding diaryl/α,β-unsaturated/α-hetero) is 1. The number of piperazine rings is 1. The van der Waals surface area contributed by atoms with Gasteiger partial charge in [0.15, 0.2) is 5.78 Å². The molecule has 2 saturated heterocycles. The highest BCUT2D eigenvalue weighted by atomic mass is 35.5. The highest BCUT2D eigenvalue weighted by molar-refractivity contribution is 6.42. The first-order valence-corrected chi connectivity index (χ1v) is 9.96. The molecule has 148 valence electrons. The summed E-state index contributed by atoms with van der Waals surface area (Å²) in [6.45, 7) is 6.52. The van der Waals surface area contributed by atoms with Gasteiger partial charge in [-0.25, -0.2) is 4.79 Å². The zero-order valence-electron chi connectivity index (χ0n) is 15.6. The Morgan fingerprint density at radius 3 is 2.37 bits per heavy atom. The van der Waals surface area contributed by atoms with Crippen molar-refractivity contribution in [1.29, 1.82) is 0 Å². The molecule has 2 heterocycles. The monoisotopic (exact) mass is 413 g/mol. The molecule has 27 heavy (non-hydrogen) atoms. The quantitative estimate of drug-likeness (QED) is 0.816. The molecule has 0 radical (unpaired) electrons. The summed E-state index contributed by atoms with van der Waals surface area (Å²) in [7, 11) is 0. The topological polar surface area (TPSA) is 64.1 Å². The summed E-state index contributed by atoms with van der Waals surface area (Å²) in [5.74, 6) is -0.154. The lowest BCUT2D eigenvalue weighted by atomic mass is 9.82. The van der Waals surface area contributed by atoms with Crippen molar-refractivity contribution in [3.05, 3.63) is 28.2 Å². The maximum atomic E-state index is 12.7. The van der Waals surface area contributed by atoms with Crippen molar-refractivity contribution in [3.63, 3.8) is 0 Å². The smallest absolute Gasteiger partial charge is 0.408 e. The molecular weight excluding hydrogens is 389 g/mol. The summed E-state index contributed by atoms with van der Waals surface area (Å²) >= 11 is 12.3. The number of ketones is 1. The van der Waals surface area contributed by atoms with Gasteiger partial charge in [-0.3, -0.25) is 9.69 Å². The number of nitrogens with zero attached hydrogens (tertiary/aromatic N) is 3. The van der Waals surface area contributed by atoms with E-state index in [-0.39, 0.29) is 18.4 Å². The van der Waals surface area contributed by atoms with Gasteiger partial charge < -0.3 is 14.9 Å². The molecule has 1 aromatic carbocycles. The number of anilines is 1. The maximum absolute atomic E-state index is 12.7. The van der Waals surface area contributed by atoms with Crippen LogP contribution in [0.15, 0.2) is 18.2 Å². The van der Waals surface area contributed by atoms with Crippen molar-refractivity contribution >= 4 is 40.8 Å². The van der Waals surface area contributed by atoms with E-state index in [1.165, 1.54) is 11.8 Å². The van der Waals surface area contributed by atoms with Crippen LogP contribution in [0.5, 0.6) is 0 Å². The summed E-state index contributed by atoms with van der Waals surface area (Å²) in [5, 5.41) is 10.7. The highest BCUT2D eigenvalue weighted by Crippen LogP contribution is 2.36. The number of carbonyl (C=O) groups is 2. The van der Waals surface area contributed by atoms with E-state index in [0.29, 0.717) is 23.1 Å². The average molecular weight is 414 g/mol. The molecular formula is C19H25Cl2N3O3. The molecule has 6 nitrogen and oxygen atoms in total. The molecule has 0 saturated carbocycles. The standard InChI is InChI=1S/C19H25Cl2N3O3/c1-13(25)19(2)17(12-22-7-3-4-8-22)23(9-10-24(19)18(26)27)14-5-6-15(20)16(21)11-14/h5-6,11,17H,3-4,7-10,12H2,1-2H3,(H,26,27). The molecule has 2 aliphatic heterocycles. The molecule has 8 heteroatoms. The molecule has 0 bridgehead atoms. The fourth-order valence-electron chi connectivity index (χ4n) is 4.26. The minimum atomic E-state index is -1.14. The summed E-state index contributed by atoms with van der Waals surface area (Å²) in [5.41, 5.74) is -0.287. The van der Waals surface area contributed by atoms with Crippen molar-refractivity contribution in [3.8, 4) is 0 Å². The Kier molecular flexibility index (Phi) is 5.89. The number of carboxylic acid groups (broad SMARTS) is 1. The van der Waals surface area contributed by atoms with Crippen LogP contribution in [0.2, 0.25) is 10.0 Å². The van der Waals surface area contributed by atoms with Crippen molar-refractivity contribution in [2.45, 2.75) is 38.3 Å². The van der Waals surface area contributed by atoms with E-state index in [0.717, 1.165) is 31.6 Å². The van der Waals surface area contributed by atoms with Crippen LogP contribution in [0.25, 0.3) is 0 Å². The zero-order chi connectivity index (χ0) is 19.8. The minimum Gasteiger partial charge on any atom is -0.465 e. The minimum absolute atomic E-state index is 0.154. The number of amides is 1. The van der Waals surface area contributed by atoms with E-state index in [1.807, 2.05) is 6.07 Å². The highest BCUT2D eigenvalue weighted by Gasteiger charge is 2.52. The van der Waals surface area contributed by atoms with Crippen molar-refractivity contribution in [1.82, 2.24) is 9.80 Å². The Bertz CT molecular complexity index is 739. The Labute approximate surface area is 169 Å². The molecule has 1 N–H and O–H groups in total. The summed E-state index contributed by atoms with van der Waals surface area (Å²) in [4.78, 5) is 30.3. The molecule has 2 aliphatic rings. The second-order valence-electron chi connectivity index (χ2n) is 7.45. The van der Waals surface area contributed by atoms with Gasteiger partial charge in [0, 0.05) is 25.3 Å². The first-order valence-electron chi connectivity index (χ1n) is 9.20. The third kappa shape index (κ3) is 3.75. The molecule has 0 aromatic heterocycles. The third-order valence-electron chi connectivity index (χ3n) is 5.96. The second-order valence-corrected chi connectivity index (χ2v) is 8.27. The van der Waals surface area contributed by atoms with Crippen LogP contribution in [0.1, 0.15) is 26.7 Å². The molecule has 2 atom stereocenters. The van der Waals surface area contributed by atoms with E-state index < -0.39 is 11.6 Å².